The molecule has 1 atom stereocenters. The Kier molecular flexibility index (Phi) is 38.2. The van der Waals surface area contributed by atoms with Crippen molar-refractivity contribution in [2.75, 3.05) is 13.2 Å². The van der Waals surface area contributed by atoms with Gasteiger partial charge in [-0.15, -0.1) is 0 Å². The number of rotatable bonds is 39. The van der Waals surface area contributed by atoms with Crippen LogP contribution in [0.2, 0.25) is 0 Å². The van der Waals surface area contributed by atoms with Gasteiger partial charge in [0, 0.05) is 12.8 Å². The van der Waals surface area contributed by atoms with Gasteiger partial charge in [-0.25, -0.2) is 4.57 Å². The van der Waals surface area contributed by atoms with Crippen LogP contribution in [-0.2, 0) is 28.2 Å². The second-order valence-corrected chi connectivity index (χ2v) is 15.5. The van der Waals surface area contributed by atoms with Gasteiger partial charge in [0.1, 0.15) is 6.61 Å². The summed E-state index contributed by atoms with van der Waals surface area (Å²) in [4.78, 5) is 42.9. The fourth-order valence-corrected chi connectivity index (χ4v) is 6.31. The maximum absolute atomic E-state index is 12.4. The highest BCUT2D eigenvalue weighted by Crippen LogP contribution is 2.36. The standard InChI is InChI=1S/C44H79O8P/c1-3-5-7-9-11-13-15-17-19-21-22-23-25-27-29-31-33-35-37-39-44(46)52-42(41-51-53(47,48)49)40-50-43(45)38-36-34-32-30-28-26-24-20-18-16-14-12-10-8-6-4-2/h5,7,11,13,17,19,22-23,42H,3-4,6,8-10,12,14-16,18,20-21,24-41H2,1-2H3,(H2,47,48,49)/b7-5-,13-11-,19-17-,23-22-. The smallest absolute Gasteiger partial charge is 0.462 e. The third-order valence-electron chi connectivity index (χ3n) is 9.11. The molecule has 0 fully saturated rings. The van der Waals surface area contributed by atoms with Gasteiger partial charge in [-0.2, -0.15) is 0 Å². The number of phosphoric ester groups is 1. The lowest BCUT2D eigenvalue weighted by Gasteiger charge is -2.18. The van der Waals surface area contributed by atoms with Gasteiger partial charge in [0.15, 0.2) is 6.10 Å². The number of phosphoric acid groups is 1. The summed E-state index contributed by atoms with van der Waals surface area (Å²) in [6.45, 7) is 3.57. The quantitative estimate of drug-likeness (QED) is 0.0275. The molecule has 0 amide bonds. The molecule has 9 heteroatoms. The minimum absolute atomic E-state index is 0.196. The van der Waals surface area contributed by atoms with Crippen LogP contribution in [0, 0.1) is 0 Å². The predicted octanol–water partition coefficient (Wildman–Crippen LogP) is 13.1. The molecule has 1 unspecified atom stereocenters. The van der Waals surface area contributed by atoms with E-state index in [-0.39, 0.29) is 19.4 Å². The first-order chi connectivity index (χ1) is 25.8. The first-order valence-electron chi connectivity index (χ1n) is 21.4. The molecular formula is C44H79O8P. The van der Waals surface area contributed by atoms with Gasteiger partial charge >= 0.3 is 19.8 Å². The Hall–Kier alpha value is -1.99. The van der Waals surface area contributed by atoms with Gasteiger partial charge < -0.3 is 19.3 Å². The SMILES string of the molecule is CC/C=C\C/C=C\C/C=C\C/C=C\CCCCCCCCC(=O)OC(COC(=O)CCCCCCCCCCCCCCCCCC)COP(=O)(O)O. The second-order valence-electron chi connectivity index (χ2n) is 14.3. The summed E-state index contributed by atoms with van der Waals surface area (Å²) in [5.74, 6) is -0.896. The first kappa shape index (κ1) is 51.0. The third-order valence-corrected chi connectivity index (χ3v) is 9.60. The average molecular weight is 767 g/mol. The van der Waals surface area contributed by atoms with Crippen LogP contribution in [0.4, 0.5) is 0 Å². The van der Waals surface area contributed by atoms with Gasteiger partial charge in [-0.05, 0) is 51.4 Å². The molecule has 53 heavy (non-hydrogen) atoms. The summed E-state index contributed by atoms with van der Waals surface area (Å²) >= 11 is 0. The molecule has 0 aliphatic heterocycles. The Morgan fingerprint density at radius 2 is 0.906 bits per heavy atom. The molecule has 0 aromatic rings. The number of hydrogen-bond acceptors (Lipinski definition) is 6. The van der Waals surface area contributed by atoms with Gasteiger partial charge in [0.2, 0.25) is 0 Å². The molecule has 0 heterocycles. The number of hydrogen-bond donors (Lipinski definition) is 2. The number of unbranched alkanes of at least 4 members (excludes halogenated alkanes) is 21. The summed E-state index contributed by atoms with van der Waals surface area (Å²) in [6, 6.07) is 0. The summed E-state index contributed by atoms with van der Waals surface area (Å²) in [5, 5.41) is 0. The molecule has 308 valence electrons. The zero-order valence-corrected chi connectivity index (χ0v) is 34.8. The zero-order chi connectivity index (χ0) is 38.9. The van der Waals surface area contributed by atoms with Crippen molar-refractivity contribution in [3.63, 3.8) is 0 Å². The molecule has 0 saturated carbocycles. The molecule has 0 saturated heterocycles. The van der Waals surface area contributed by atoms with E-state index in [4.69, 9.17) is 19.3 Å². The molecule has 0 aliphatic rings. The molecule has 0 radical (unpaired) electrons. The molecule has 8 nitrogen and oxygen atoms in total. The van der Waals surface area contributed by atoms with E-state index in [9.17, 15) is 14.2 Å². The van der Waals surface area contributed by atoms with Crippen molar-refractivity contribution in [2.24, 2.45) is 0 Å². The van der Waals surface area contributed by atoms with Crippen molar-refractivity contribution < 1.29 is 37.9 Å². The Bertz CT molecular complexity index is 999. The van der Waals surface area contributed by atoms with Crippen LogP contribution in [-0.4, -0.2) is 41.0 Å². The van der Waals surface area contributed by atoms with E-state index in [2.05, 4.69) is 67.0 Å². The predicted molar refractivity (Wildman–Crippen MR) is 221 cm³/mol. The Labute approximate surface area is 324 Å². The summed E-state index contributed by atoms with van der Waals surface area (Å²) in [6.07, 6.45) is 48.3. The molecule has 0 aromatic carbocycles. The highest BCUT2D eigenvalue weighted by atomic mass is 31.2. The number of esters is 2. The lowest BCUT2D eigenvalue weighted by molar-refractivity contribution is -0.161. The molecular weight excluding hydrogens is 687 g/mol. The highest BCUT2D eigenvalue weighted by molar-refractivity contribution is 7.46. The minimum atomic E-state index is -4.76. The van der Waals surface area contributed by atoms with Crippen LogP contribution in [0.5, 0.6) is 0 Å². The van der Waals surface area contributed by atoms with E-state index in [0.29, 0.717) is 6.42 Å². The van der Waals surface area contributed by atoms with Crippen molar-refractivity contribution in [2.45, 2.75) is 206 Å². The minimum Gasteiger partial charge on any atom is -0.462 e. The van der Waals surface area contributed by atoms with E-state index in [1.54, 1.807) is 0 Å². The van der Waals surface area contributed by atoms with Crippen molar-refractivity contribution in [1.82, 2.24) is 0 Å². The fraction of sp³-hybridized carbons (Fsp3) is 0.773. The topological polar surface area (TPSA) is 119 Å². The maximum Gasteiger partial charge on any atom is 0.469 e. The van der Waals surface area contributed by atoms with Crippen molar-refractivity contribution in [3.05, 3.63) is 48.6 Å². The number of carbonyl (C=O) groups is 2. The second kappa shape index (κ2) is 39.7. The third kappa shape index (κ3) is 42.6. The summed E-state index contributed by atoms with van der Waals surface area (Å²) in [5.41, 5.74) is 0. The highest BCUT2D eigenvalue weighted by Gasteiger charge is 2.22. The van der Waals surface area contributed by atoms with E-state index < -0.39 is 32.5 Å². The van der Waals surface area contributed by atoms with Crippen LogP contribution >= 0.6 is 7.82 Å². The summed E-state index contributed by atoms with van der Waals surface area (Å²) in [7, 11) is -4.76. The molecule has 2 N–H and O–H groups in total. The number of allylic oxidation sites excluding steroid dienone is 8. The van der Waals surface area contributed by atoms with Crippen molar-refractivity contribution in [3.8, 4) is 0 Å². The van der Waals surface area contributed by atoms with Crippen LogP contribution in [0.1, 0.15) is 200 Å². The monoisotopic (exact) mass is 767 g/mol. The molecule has 0 aliphatic carbocycles. The van der Waals surface area contributed by atoms with E-state index in [1.165, 1.54) is 83.5 Å². The van der Waals surface area contributed by atoms with Crippen LogP contribution in [0.25, 0.3) is 0 Å². The van der Waals surface area contributed by atoms with Crippen molar-refractivity contribution in [1.29, 1.82) is 0 Å². The molecule has 0 spiro atoms. The van der Waals surface area contributed by atoms with Gasteiger partial charge in [0.05, 0.1) is 6.61 Å². The number of carbonyl (C=O) groups excluding carboxylic acids is 2. The van der Waals surface area contributed by atoms with Gasteiger partial charge in [0.25, 0.3) is 0 Å². The van der Waals surface area contributed by atoms with Crippen LogP contribution in [0.15, 0.2) is 48.6 Å². The zero-order valence-electron chi connectivity index (χ0n) is 33.9. The normalized spacial score (nSPS) is 12.9. The van der Waals surface area contributed by atoms with E-state index >= 15 is 0 Å². The Balaban J connectivity index is 3.93. The molecule has 0 rings (SSSR count). The molecule has 0 aromatic heterocycles. The van der Waals surface area contributed by atoms with Crippen LogP contribution < -0.4 is 0 Å². The molecule has 0 bridgehead atoms. The van der Waals surface area contributed by atoms with E-state index in [1.807, 2.05) is 0 Å². The average Bonchev–Trinajstić information content (AvgIpc) is 3.13. The van der Waals surface area contributed by atoms with Crippen LogP contribution in [0.3, 0.4) is 0 Å². The lowest BCUT2D eigenvalue weighted by atomic mass is 10.0. The first-order valence-corrected chi connectivity index (χ1v) is 23.0. The van der Waals surface area contributed by atoms with Gasteiger partial charge in [-0.1, -0.05) is 184 Å². The Morgan fingerprint density at radius 1 is 0.509 bits per heavy atom. The maximum atomic E-state index is 12.4. The Morgan fingerprint density at radius 3 is 1.36 bits per heavy atom. The van der Waals surface area contributed by atoms with E-state index in [0.717, 1.165) is 83.5 Å². The largest absolute Gasteiger partial charge is 0.469 e. The fourth-order valence-electron chi connectivity index (χ4n) is 5.95. The summed E-state index contributed by atoms with van der Waals surface area (Å²) < 4.78 is 26.4. The number of ether oxygens (including phenoxy) is 2. The lowest BCUT2D eigenvalue weighted by Crippen LogP contribution is -2.29. The van der Waals surface area contributed by atoms with Gasteiger partial charge in [-0.3, -0.25) is 14.1 Å². The van der Waals surface area contributed by atoms with Crippen molar-refractivity contribution >= 4 is 19.8 Å².